The minimum absolute atomic E-state index is 0.0125. The van der Waals surface area contributed by atoms with Crippen molar-refractivity contribution in [3.63, 3.8) is 0 Å². The molecule has 4 nitrogen and oxygen atoms in total. The van der Waals surface area contributed by atoms with Crippen LogP contribution < -0.4 is 5.73 Å². The monoisotopic (exact) mass is 367 g/mol. The molecule has 0 fully saturated rings. The minimum atomic E-state index is -0.700. The maximum atomic E-state index is 11.6. The van der Waals surface area contributed by atoms with Crippen molar-refractivity contribution in [1.29, 1.82) is 0 Å². The van der Waals surface area contributed by atoms with Gasteiger partial charge in [-0.1, -0.05) is 96.5 Å². The Balaban J connectivity index is 3.48. The minimum Gasteiger partial charge on any atom is -0.462 e. The van der Waals surface area contributed by atoms with Gasteiger partial charge in [0.2, 0.25) is 0 Å². The Labute approximate surface area is 160 Å². The zero-order valence-corrected chi connectivity index (χ0v) is 17.2. The molecule has 0 radical (unpaired) electrons. The van der Waals surface area contributed by atoms with E-state index in [9.17, 15) is 9.59 Å². The predicted molar refractivity (Wildman–Crippen MR) is 109 cm³/mol. The fourth-order valence-corrected chi connectivity index (χ4v) is 3.08. The fourth-order valence-electron chi connectivity index (χ4n) is 3.08. The van der Waals surface area contributed by atoms with Crippen LogP contribution in [0.2, 0.25) is 0 Å². The molecule has 0 aromatic heterocycles. The van der Waals surface area contributed by atoms with E-state index in [2.05, 4.69) is 6.92 Å². The van der Waals surface area contributed by atoms with Crippen molar-refractivity contribution in [3.8, 4) is 0 Å². The van der Waals surface area contributed by atoms with E-state index in [0.717, 1.165) is 12.8 Å². The van der Waals surface area contributed by atoms with Crippen molar-refractivity contribution >= 4 is 11.9 Å². The number of carbonyl (C=O) groups is 2. The third-order valence-electron chi connectivity index (χ3n) is 4.67. The molecule has 0 spiro atoms. The summed E-state index contributed by atoms with van der Waals surface area (Å²) in [7, 11) is 0. The van der Waals surface area contributed by atoms with Gasteiger partial charge in [0.1, 0.15) is 5.57 Å². The first kappa shape index (κ1) is 24.7. The van der Waals surface area contributed by atoms with Gasteiger partial charge >= 0.3 is 5.97 Å². The summed E-state index contributed by atoms with van der Waals surface area (Å²) < 4.78 is 4.83. The molecule has 4 heteroatoms. The molecule has 0 heterocycles. The van der Waals surface area contributed by atoms with E-state index in [1.807, 2.05) is 0 Å². The maximum absolute atomic E-state index is 11.6. The molecule has 0 bridgehead atoms. The third-order valence-corrected chi connectivity index (χ3v) is 4.67. The van der Waals surface area contributed by atoms with Crippen LogP contribution in [0.15, 0.2) is 11.6 Å². The highest BCUT2D eigenvalue weighted by Crippen LogP contribution is 2.13. The SMILES string of the molecule is CCCCCCCCCCCCCCCC/C=C(\C(N)=O)C(=O)OCC. The van der Waals surface area contributed by atoms with Crippen molar-refractivity contribution in [1.82, 2.24) is 0 Å². The normalized spacial score (nSPS) is 11.5. The van der Waals surface area contributed by atoms with Crippen molar-refractivity contribution in [3.05, 3.63) is 11.6 Å². The molecule has 0 unspecified atom stereocenters. The van der Waals surface area contributed by atoms with E-state index in [4.69, 9.17) is 10.5 Å². The summed E-state index contributed by atoms with van der Waals surface area (Å²) in [6.07, 6.45) is 20.7. The summed E-state index contributed by atoms with van der Waals surface area (Å²) in [5, 5.41) is 0. The molecule has 2 N–H and O–H groups in total. The number of hydrogen-bond acceptors (Lipinski definition) is 3. The molecule has 152 valence electrons. The molecule has 0 saturated carbocycles. The second-order valence-corrected chi connectivity index (χ2v) is 7.09. The van der Waals surface area contributed by atoms with Gasteiger partial charge in [0.05, 0.1) is 6.61 Å². The third kappa shape index (κ3) is 15.0. The molecule has 0 aliphatic rings. The lowest BCUT2D eigenvalue weighted by Gasteiger charge is -2.04. The Morgan fingerprint density at radius 3 is 1.54 bits per heavy atom. The highest BCUT2D eigenvalue weighted by atomic mass is 16.5. The number of nitrogens with two attached hydrogens (primary N) is 1. The van der Waals surface area contributed by atoms with Crippen molar-refractivity contribution in [2.24, 2.45) is 5.73 Å². The highest BCUT2D eigenvalue weighted by molar-refractivity contribution is 6.15. The first-order chi connectivity index (χ1) is 12.6. The van der Waals surface area contributed by atoms with Crippen molar-refractivity contribution in [2.45, 2.75) is 110 Å². The van der Waals surface area contributed by atoms with Crippen LogP contribution in [0.3, 0.4) is 0 Å². The predicted octanol–water partition coefficient (Wildman–Crippen LogP) is 5.83. The topological polar surface area (TPSA) is 69.4 Å². The van der Waals surface area contributed by atoms with E-state index in [1.165, 1.54) is 77.0 Å². The standard InChI is InChI=1S/C22H41NO3/c1-3-5-6-7-8-9-10-11-12-13-14-15-16-17-18-19-20(21(23)24)22(25)26-4-2/h19H,3-18H2,1-2H3,(H2,23,24)/b20-19+. The summed E-state index contributed by atoms with van der Waals surface area (Å²) in [5.74, 6) is -1.31. The number of allylic oxidation sites excluding steroid dienone is 1. The molecule has 0 saturated heterocycles. The Morgan fingerprint density at radius 2 is 1.15 bits per heavy atom. The van der Waals surface area contributed by atoms with Gasteiger partial charge in [-0.3, -0.25) is 4.79 Å². The summed E-state index contributed by atoms with van der Waals surface area (Å²) in [6.45, 7) is 4.23. The maximum Gasteiger partial charge on any atom is 0.343 e. The molecule has 0 aliphatic carbocycles. The van der Waals surface area contributed by atoms with Crippen LogP contribution in [0.5, 0.6) is 0 Å². The lowest BCUT2D eigenvalue weighted by molar-refractivity contribution is -0.139. The van der Waals surface area contributed by atoms with E-state index < -0.39 is 11.9 Å². The van der Waals surface area contributed by atoms with Gasteiger partial charge in [0.15, 0.2) is 0 Å². The number of esters is 1. The summed E-state index contributed by atoms with van der Waals surface area (Å²) in [5.41, 5.74) is 5.21. The van der Waals surface area contributed by atoms with Gasteiger partial charge < -0.3 is 10.5 Å². The average molecular weight is 368 g/mol. The number of unbranched alkanes of at least 4 members (excludes halogenated alkanes) is 14. The lowest BCUT2D eigenvalue weighted by atomic mass is 10.0. The molecular formula is C22H41NO3. The second-order valence-electron chi connectivity index (χ2n) is 7.09. The zero-order chi connectivity index (χ0) is 19.5. The van der Waals surface area contributed by atoms with Crippen LogP contribution >= 0.6 is 0 Å². The van der Waals surface area contributed by atoms with Crippen molar-refractivity contribution < 1.29 is 14.3 Å². The van der Waals surface area contributed by atoms with E-state index in [0.29, 0.717) is 6.42 Å². The van der Waals surface area contributed by atoms with Gasteiger partial charge in [-0.25, -0.2) is 4.79 Å². The average Bonchev–Trinajstić information content (AvgIpc) is 2.61. The molecule has 0 atom stereocenters. The zero-order valence-electron chi connectivity index (χ0n) is 17.2. The Morgan fingerprint density at radius 1 is 0.731 bits per heavy atom. The first-order valence-electron chi connectivity index (χ1n) is 10.8. The van der Waals surface area contributed by atoms with Gasteiger partial charge in [0, 0.05) is 0 Å². The highest BCUT2D eigenvalue weighted by Gasteiger charge is 2.15. The summed E-state index contributed by atoms with van der Waals surface area (Å²) >= 11 is 0. The number of rotatable bonds is 18. The summed E-state index contributed by atoms with van der Waals surface area (Å²) in [4.78, 5) is 22.8. The number of amides is 1. The number of carbonyl (C=O) groups excluding carboxylic acids is 2. The molecule has 0 aromatic rings. The van der Waals surface area contributed by atoms with Gasteiger partial charge in [-0.05, 0) is 19.8 Å². The lowest BCUT2D eigenvalue weighted by Crippen LogP contribution is -2.22. The molecule has 1 amide bonds. The van der Waals surface area contributed by atoms with Crippen LogP contribution in [0.4, 0.5) is 0 Å². The number of ether oxygens (including phenoxy) is 1. The largest absolute Gasteiger partial charge is 0.462 e. The van der Waals surface area contributed by atoms with E-state index in [1.54, 1.807) is 13.0 Å². The quantitative estimate of drug-likeness (QED) is 0.109. The molecule has 26 heavy (non-hydrogen) atoms. The number of primary amides is 1. The van der Waals surface area contributed by atoms with Crippen molar-refractivity contribution in [2.75, 3.05) is 6.61 Å². The van der Waals surface area contributed by atoms with Crippen LogP contribution in [0, 0.1) is 0 Å². The molecular weight excluding hydrogens is 326 g/mol. The Bertz CT molecular complexity index is 391. The molecule has 0 aromatic carbocycles. The first-order valence-corrected chi connectivity index (χ1v) is 10.8. The molecule has 0 aliphatic heterocycles. The van der Waals surface area contributed by atoms with E-state index in [-0.39, 0.29) is 12.2 Å². The van der Waals surface area contributed by atoms with Gasteiger partial charge in [0.25, 0.3) is 5.91 Å². The Hall–Kier alpha value is -1.32. The Kier molecular flexibility index (Phi) is 17.5. The molecule has 0 rings (SSSR count). The second kappa shape index (κ2) is 18.5. The van der Waals surface area contributed by atoms with Gasteiger partial charge in [-0.15, -0.1) is 0 Å². The summed E-state index contributed by atoms with van der Waals surface area (Å²) in [6, 6.07) is 0. The van der Waals surface area contributed by atoms with Crippen LogP contribution in [0.1, 0.15) is 110 Å². The van der Waals surface area contributed by atoms with Crippen LogP contribution in [-0.4, -0.2) is 18.5 Å². The number of hydrogen-bond donors (Lipinski definition) is 1. The van der Waals surface area contributed by atoms with Gasteiger partial charge in [-0.2, -0.15) is 0 Å². The van der Waals surface area contributed by atoms with Crippen LogP contribution in [0.25, 0.3) is 0 Å². The van der Waals surface area contributed by atoms with E-state index >= 15 is 0 Å². The fraction of sp³-hybridized carbons (Fsp3) is 0.818. The van der Waals surface area contributed by atoms with Crippen LogP contribution in [-0.2, 0) is 14.3 Å². The smallest absolute Gasteiger partial charge is 0.343 e.